The summed E-state index contributed by atoms with van der Waals surface area (Å²) in [6.45, 7) is 10.2. The fourth-order valence-electron chi connectivity index (χ4n) is 3.53. The molecular weight excluding hydrogens is 496 g/mol. The molecular formula is C25H36N6O5S. The molecule has 0 spiro atoms. The summed E-state index contributed by atoms with van der Waals surface area (Å²) in [5, 5.41) is 8.32. The van der Waals surface area contributed by atoms with Crippen molar-refractivity contribution in [2.75, 3.05) is 18.8 Å². The highest BCUT2D eigenvalue weighted by atomic mass is 32.2. The minimum absolute atomic E-state index is 0. The van der Waals surface area contributed by atoms with Crippen molar-refractivity contribution in [2.24, 2.45) is 0 Å². The lowest BCUT2D eigenvalue weighted by atomic mass is 10.1. The van der Waals surface area contributed by atoms with Gasteiger partial charge in [-0.1, -0.05) is 32.1 Å². The Bertz CT molecular complexity index is 1330. The Kier molecular flexibility index (Phi) is 8.44. The minimum Gasteiger partial charge on any atom is -0.444 e. The van der Waals surface area contributed by atoms with Crippen molar-refractivity contribution in [3.8, 4) is 22.8 Å². The first-order valence-corrected chi connectivity index (χ1v) is 12.9. The highest BCUT2D eigenvalue weighted by Gasteiger charge is 2.26. The molecule has 0 saturated heterocycles. The van der Waals surface area contributed by atoms with E-state index in [1.54, 1.807) is 11.1 Å². The number of amides is 1. The van der Waals surface area contributed by atoms with Crippen LogP contribution in [-0.2, 0) is 15.5 Å². The molecule has 1 aromatic carbocycles. The van der Waals surface area contributed by atoms with Gasteiger partial charge < -0.3 is 25.3 Å². The molecule has 1 amide bonds. The molecule has 0 aliphatic carbocycles. The number of benzene rings is 1. The fourth-order valence-corrected chi connectivity index (χ4v) is 4.48. The molecule has 4 N–H and O–H groups in total. The van der Waals surface area contributed by atoms with Gasteiger partial charge in [-0.05, 0) is 39.3 Å². The molecule has 0 bridgehead atoms. The lowest BCUT2D eigenvalue weighted by molar-refractivity contribution is 0.0270. The van der Waals surface area contributed by atoms with E-state index < -0.39 is 16.4 Å². The van der Waals surface area contributed by atoms with Crippen LogP contribution in [0.5, 0.6) is 0 Å². The standard InChI is InChI=1S/C25H30N6O4S.H2O.2H2/c1-15(2)36(33)18-8-6-16(7-9-18)19-14-27-21(26)20(28-19)23-30-29-22(34-23)17-10-12-31(13-11-17)24(32)35-25(3,4)5;;;/h6-10,14-15H,11-13H2,1-5H3,(H2,26,27);1H2;2*1H. The van der Waals surface area contributed by atoms with Crippen molar-refractivity contribution in [3.05, 3.63) is 42.4 Å². The van der Waals surface area contributed by atoms with Crippen LogP contribution in [0.1, 0.15) is 49.8 Å². The molecule has 12 heteroatoms. The monoisotopic (exact) mass is 532 g/mol. The first-order valence-electron chi connectivity index (χ1n) is 11.7. The normalized spacial score (nSPS) is 14.6. The number of ether oxygens (including phenoxy) is 1. The second kappa shape index (κ2) is 11.2. The van der Waals surface area contributed by atoms with E-state index in [1.807, 2.05) is 65.0 Å². The first kappa shape index (κ1) is 27.9. The molecule has 202 valence electrons. The number of carbonyl (C=O) groups excluding carboxylic acids is 1. The predicted octanol–water partition coefficient (Wildman–Crippen LogP) is 3.98. The topological polar surface area (TPSA) is 169 Å². The lowest BCUT2D eigenvalue weighted by Gasteiger charge is -2.28. The van der Waals surface area contributed by atoms with Gasteiger partial charge in [0.15, 0.2) is 11.5 Å². The Labute approximate surface area is 220 Å². The van der Waals surface area contributed by atoms with Gasteiger partial charge in [0.2, 0.25) is 5.89 Å². The summed E-state index contributed by atoms with van der Waals surface area (Å²) in [5.74, 6) is 0.672. The van der Waals surface area contributed by atoms with Crippen molar-refractivity contribution in [1.29, 1.82) is 0 Å². The van der Waals surface area contributed by atoms with Crippen LogP contribution < -0.4 is 5.73 Å². The fraction of sp³-hybridized carbons (Fsp3) is 0.400. The van der Waals surface area contributed by atoms with Crippen LogP contribution in [-0.4, -0.2) is 64.8 Å². The zero-order chi connectivity index (χ0) is 26.0. The average Bonchev–Trinajstić information content (AvgIpc) is 3.33. The number of hydrogen-bond donors (Lipinski definition) is 1. The Hall–Kier alpha value is -3.64. The molecule has 0 radical (unpaired) electrons. The van der Waals surface area contributed by atoms with Crippen LogP contribution in [0.2, 0.25) is 0 Å². The number of hydrogen-bond acceptors (Lipinski definition) is 9. The van der Waals surface area contributed by atoms with Crippen molar-refractivity contribution in [1.82, 2.24) is 25.1 Å². The highest BCUT2D eigenvalue weighted by Crippen LogP contribution is 2.29. The lowest BCUT2D eigenvalue weighted by Crippen LogP contribution is -2.39. The third kappa shape index (κ3) is 6.57. The van der Waals surface area contributed by atoms with E-state index in [0.717, 1.165) is 16.0 Å². The van der Waals surface area contributed by atoms with Gasteiger partial charge in [0.25, 0.3) is 5.89 Å². The summed E-state index contributed by atoms with van der Waals surface area (Å²) < 4.78 is 23.6. The summed E-state index contributed by atoms with van der Waals surface area (Å²) in [4.78, 5) is 23.5. The molecule has 3 heterocycles. The second-order valence-corrected chi connectivity index (χ2v) is 11.7. The maximum Gasteiger partial charge on any atom is 0.410 e. The first-order chi connectivity index (χ1) is 17.0. The van der Waals surface area contributed by atoms with Gasteiger partial charge in [-0.15, -0.1) is 10.2 Å². The van der Waals surface area contributed by atoms with Crippen molar-refractivity contribution < 1.29 is 26.5 Å². The predicted molar refractivity (Wildman–Crippen MR) is 145 cm³/mol. The summed E-state index contributed by atoms with van der Waals surface area (Å²) in [6.07, 6.45) is 3.64. The molecule has 1 aliphatic rings. The third-order valence-electron chi connectivity index (χ3n) is 5.37. The number of nitrogen functional groups attached to an aromatic ring is 1. The van der Waals surface area contributed by atoms with E-state index in [2.05, 4.69) is 20.2 Å². The zero-order valence-corrected chi connectivity index (χ0v) is 22.3. The smallest absolute Gasteiger partial charge is 0.410 e. The van der Waals surface area contributed by atoms with Crippen molar-refractivity contribution in [2.45, 2.75) is 56.8 Å². The average molecular weight is 533 g/mol. The third-order valence-corrected chi connectivity index (χ3v) is 6.97. The number of anilines is 1. The summed E-state index contributed by atoms with van der Waals surface area (Å²) >= 11 is 0. The summed E-state index contributed by atoms with van der Waals surface area (Å²) in [5.41, 5.74) is 8.02. The molecule has 3 aromatic rings. The number of nitrogens with two attached hydrogens (primary N) is 1. The van der Waals surface area contributed by atoms with E-state index in [4.69, 9.17) is 14.9 Å². The van der Waals surface area contributed by atoms with Crippen LogP contribution in [0.4, 0.5) is 10.6 Å². The van der Waals surface area contributed by atoms with Crippen molar-refractivity contribution >= 4 is 28.3 Å². The van der Waals surface area contributed by atoms with Crippen LogP contribution in [0, 0.1) is 0 Å². The summed E-state index contributed by atoms with van der Waals surface area (Å²) in [7, 11) is -1.07. The van der Waals surface area contributed by atoms with Crippen LogP contribution in [0.3, 0.4) is 0 Å². The number of nitrogens with zero attached hydrogens (tertiary/aromatic N) is 5. The molecule has 4 rings (SSSR count). The molecule has 11 nitrogen and oxygen atoms in total. The molecule has 1 unspecified atom stereocenters. The van der Waals surface area contributed by atoms with Gasteiger partial charge in [0.05, 0.1) is 22.7 Å². The van der Waals surface area contributed by atoms with Crippen LogP contribution in [0.25, 0.3) is 28.4 Å². The highest BCUT2D eigenvalue weighted by molar-refractivity contribution is 7.85. The molecule has 0 fully saturated rings. The maximum absolute atomic E-state index is 12.3. The van der Waals surface area contributed by atoms with Crippen molar-refractivity contribution in [3.63, 3.8) is 0 Å². The Morgan fingerprint density at radius 3 is 2.46 bits per heavy atom. The zero-order valence-electron chi connectivity index (χ0n) is 21.5. The van der Waals surface area contributed by atoms with Gasteiger partial charge in [-0.2, -0.15) is 0 Å². The molecule has 1 atom stereocenters. The Balaban J connectivity index is 0.00000253. The Morgan fingerprint density at radius 2 is 1.86 bits per heavy atom. The van der Waals surface area contributed by atoms with Gasteiger partial charge >= 0.3 is 6.09 Å². The number of carbonyl (C=O) groups is 1. The number of aromatic nitrogens is 4. The Morgan fingerprint density at radius 1 is 1.19 bits per heavy atom. The number of rotatable bonds is 5. The summed E-state index contributed by atoms with van der Waals surface area (Å²) in [6, 6.07) is 7.35. The van der Waals surface area contributed by atoms with Gasteiger partial charge in [-0.25, -0.2) is 14.8 Å². The molecule has 0 saturated carbocycles. The van der Waals surface area contributed by atoms with E-state index >= 15 is 0 Å². The quantitative estimate of drug-likeness (QED) is 0.510. The molecule has 37 heavy (non-hydrogen) atoms. The van der Waals surface area contributed by atoms with Crippen LogP contribution in [0.15, 0.2) is 45.9 Å². The van der Waals surface area contributed by atoms with Gasteiger partial charge in [-0.3, -0.25) is 4.21 Å². The minimum atomic E-state index is -1.07. The second-order valence-electron chi connectivity index (χ2n) is 9.68. The van der Waals surface area contributed by atoms with Gasteiger partial charge in [0.1, 0.15) is 5.60 Å². The van der Waals surface area contributed by atoms with Crippen LogP contribution >= 0.6 is 0 Å². The van der Waals surface area contributed by atoms with E-state index in [-0.39, 0.29) is 37.1 Å². The maximum atomic E-state index is 12.3. The van der Waals surface area contributed by atoms with Gasteiger partial charge in [0, 0.05) is 37.2 Å². The molecule has 1 aliphatic heterocycles. The largest absolute Gasteiger partial charge is 0.444 e. The van der Waals surface area contributed by atoms with E-state index in [0.29, 0.717) is 31.1 Å². The van der Waals surface area contributed by atoms with E-state index in [9.17, 15) is 9.00 Å². The SMILES string of the molecule is CC(C)S(=O)c1ccc(-c2cnc(N)c(-c3nnc(C4=CCN(C(=O)OC(C)(C)C)CC4)o3)n2)cc1.O.[HH].[HH]. The van der Waals surface area contributed by atoms with E-state index in [1.165, 1.54) is 0 Å². The molecule has 2 aromatic heterocycles.